The Labute approximate surface area is 93.4 Å². The molecule has 0 heterocycles. The highest BCUT2D eigenvalue weighted by atomic mass is 32.2. The van der Waals surface area contributed by atoms with Crippen molar-refractivity contribution in [2.24, 2.45) is 5.41 Å². The van der Waals surface area contributed by atoms with E-state index in [-0.39, 0.29) is 0 Å². The maximum absolute atomic E-state index is 3.71. The fourth-order valence-electron chi connectivity index (χ4n) is 2.07. The molecule has 1 aliphatic carbocycles. The summed E-state index contributed by atoms with van der Waals surface area (Å²) in [4.78, 5) is 0. The Bertz CT molecular complexity index is 187. The first-order valence-electron chi connectivity index (χ1n) is 5.63. The van der Waals surface area contributed by atoms with E-state index in [1.54, 1.807) is 0 Å². The highest BCUT2D eigenvalue weighted by Gasteiger charge is 2.31. The van der Waals surface area contributed by atoms with Gasteiger partial charge in [0.1, 0.15) is 0 Å². The average molecular weight is 215 g/mol. The molecule has 0 aromatic heterocycles. The lowest BCUT2D eigenvalue weighted by Gasteiger charge is -2.25. The lowest BCUT2D eigenvalue weighted by Crippen LogP contribution is -2.38. The first-order valence-corrected chi connectivity index (χ1v) is 6.86. The Kier molecular flexibility index (Phi) is 3.93. The Hall–Kier alpha value is 0.310. The van der Waals surface area contributed by atoms with Gasteiger partial charge in [0.15, 0.2) is 0 Å². The molecule has 1 aliphatic rings. The molecule has 1 fully saturated rings. The van der Waals surface area contributed by atoms with Crippen LogP contribution in [0.3, 0.4) is 0 Å². The van der Waals surface area contributed by atoms with Gasteiger partial charge in [-0.05, 0) is 44.8 Å². The molecule has 1 rings (SSSR count). The summed E-state index contributed by atoms with van der Waals surface area (Å²) < 4.78 is 0.382. The van der Waals surface area contributed by atoms with E-state index in [4.69, 9.17) is 0 Å². The summed E-state index contributed by atoms with van der Waals surface area (Å²) in [6, 6.07) is 0.761. The van der Waals surface area contributed by atoms with Crippen LogP contribution in [0.15, 0.2) is 0 Å². The van der Waals surface area contributed by atoms with Crippen molar-refractivity contribution in [1.82, 2.24) is 5.32 Å². The summed E-state index contributed by atoms with van der Waals surface area (Å²) in [6.07, 6.45) is 6.28. The van der Waals surface area contributed by atoms with Gasteiger partial charge in [0.25, 0.3) is 0 Å². The van der Waals surface area contributed by atoms with Crippen LogP contribution in [0.2, 0.25) is 0 Å². The molecule has 1 unspecified atom stereocenters. The SMILES string of the molecule is CSC(C)(C)CNC1CCC(C)(C)C1. The van der Waals surface area contributed by atoms with Crippen molar-refractivity contribution in [3.8, 4) is 0 Å². The average Bonchev–Trinajstić information content (AvgIpc) is 2.43. The molecule has 0 amide bonds. The van der Waals surface area contributed by atoms with Gasteiger partial charge in [-0.2, -0.15) is 11.8 Å². The zero-order valence-corrected chi connectivity index (χ0v) is 11.1. The first kappa shape index (κ1) is 12.4. The minimum atomic E-state index is 0.382. The molecular formula is C12H25NS. The summed E-state index contributed by atoms with van der Waals surface area (Å²) in [5.41, 5.74) is 0.571. The van der Waals surface area contributed by atoms with Crippen LogP contribution in [0.1, 0.15) is 47.0 Å². The molecule has 0 radical (unpaired) electrons. The van der Waals surface area contributed by atoms with Gasteiger partial charge in [0, 0.05) is 17.3 Å². The number of thioether (sulfide) groups is 1. The molecular weight excluding hydrogens is 190 g/mol. The molecule has 0 bridgehead atoms. The molecule has 0 aromatic rings. The zero-order valence-electron chi connectivity index (χ0n) is 10.3. The second kappa shape index (κ2) is 4.44. The van der Waals surface area contributed by atoms with Gasteiger partial charge in [-0.3, -0.25) is 0 Å². The van der Waals surface area contributed by atoms with E-state index in [9.17, 15) is 0 Å². The molecule has 0 spiro atoms. The maximum Gasteiger partial charge on any atom is 0.0225 e. The third-order valence-electron chi connectivity index (χ3n) is 3.34. The van der Waals surface area contributed by atoms with Crippen molar-refractivity contribution in [3.05, 3.63) is 0 Å². The lowest BCUT2D eigenvalue weighted by atomic mass is 9.92. The van der Waals surface area contributed by atoms with E-state index in [0.717, 1.165) is 12.6 Å². The summed E-state index contributed by atoms with van der Waals surface area (Å²) in [5, 5.41) is 3.71. The highest BCUT2D eigenvalue weighted by Crippen LogP contribution is 2.37. The van der Waals surface area contributed by atoms with E-state index in [2.05, 4.69) is 39.3 Å². The molecule has 1 saturated carbocycles. The molecule has 84 valence electrons. The molecule has 0 aromatic carbocycles. The van der Waals surface area contributed by atoms with E-state index < -0.39 is 0 Å². The molecule has 0 saturated heterocycles. The summed E-state index contributed by atoms with van der Waals surface area (Å²) in [6.45, 7) is 10.5. The lowest BCUT2D eigenvalue weighted by molar-refractivity contribution is 0.362. The largest absolute Gasteiger partial charge is 0.313 e. The number of hydrogen-bond donors (Lipinski definition) is 1. The number of rotatable bonds is 4. The molecule has 1 nitrogen and oxygen atoms in total. The number of hydrogen-bond acceptors (Lipinski definition) is 2. The molecule has 2 heteroatoms. The van der Waals surface area contributed by atoms with Crippen molar-refractivity contribution >= 4 is 11.8 Å². The Balaban J connectivity index is 2.27. The van der Waals surface area contributed by atoms with Crippen molar-refractivity contribution in [2.75, 3.05) is 12.8 Å². The second-order valence-electron chi connectivity index (χ2n) is 5.95. The third kappa shape index (κ3) is 3.82. The molecule has 1 N–H and O–H groups in total. The van der Waals surface area contributed by atoms with Gasteiger partial charge in [-0.15, -0.1) is 0 Å². The van der Waals surface area contributed by atoms with Crippen LogP contribution < -0.4 is 5.32 Å². The molecule has 1 atom stereocenters. The van der Waals surface area contributed by atoms with Crippen LogP contribution in [0.5, 0.6) is 0 Å². The Morgan fingerprint density at radius 2 is 2.07 bits per heavy atom. The van der Waals surface area contributed by atoms with Gasteiger partial charge < -0.3 is 5.32 Å². The third-order valence-corrected chi connectivity index (χ3v) is 4.59. The van der Waals surface area contributed by atoms with Gasteiger partial charge in [-0.1, -0.05) is 13.8 Å². The predicted octanol–water partition coefficient (Wildman–Crippen LogP) is 3.30. The van der Waals surface area contributed by atoms with Crippen LogP contribution in [-0.2, 0) is 0 Å². The molecule has 14 heavy (non-hydrogen) atoms. The number of nitrogens with one attached hydrogen (secondary N) is 1. The van der Waals surface area contributed by atoms with Crippen LogP contribution >= 0.6 is 11.8 Å². The van der Waals surface area contributed by atoms with Crippen molar-refractivity contribution in [2.45, 2.75) is 57.7 Å². The zero-order chi connectivity index (χ0) is 10.8. The highest BCUT2D eigenvalue weighted by molar-refractivity contribution is 7.99. The van der Waals surface area contributed by atoms with Crippen molar-refractivity contribution < 1.29 is 0 Å². The van der Waals surface area contributed by atoms with Crippen LogP contribution in [0, 0.1) is 5.41 Å². The predicted molar refractivity (Wildman–Crippen MR) is 67.0 cm³/mol. The standard InChI is InChI=1S/C12H25NS/c1-11(2)7-6-10(8-11)13-9-12(3,4)14-5/h10,13H,6-9H2,1-5H3. The van der Waals surface area contributed by atoms with Gasteiger partial charge in [0.2, 0.25) is 0 Å². The van der Waals surface area contributed by atoms with E-state index in [0.29, 0.717) is 10.2 Å². The molecule has 0 aliphatic heterocycles. The maximum atomic E-state index is 3.71. The van der Waals surface area contributed by atoms with E-state index >= 15 is 0 Å². The Morgan fingerprint density at radius 1 is 1.43 bits per heavy atom. The van der Waals surface area contributed by atoms with Crippen LogP contribution in [-0.4, -0.2) is 23.6 Å². The normalized spacial score (nSPS) is 26.8. The summed E-state index contributed by atoms with van der Waals surface area (Å²) in [5.74, 6) is 0. The van der Waals surface area contributed by atoms with E-state index in [1.807, 2.05) is 11.8 Å². The van der Waals surface area contributed by atoms with Crippen LogP contribution in [0.25, 0.3) is 0 Å². The van der Waals surface area contributed by atoms with Gasteiger partial charge >= 0.3 is 0 Å². The fraction of sp³-hybridized carbons (Fsp3) is 1.00. The first-order chi connectivity index (χ1) is 6.35. The monoisotopic (exact) mass is 215 g/mol. The topological polar surface area (TPSA) is 12.0 Å². The summed E-state index contributed by atoms with van der Waals surface area (Å²) in [7, 11) is 0. The minimum Gasteiger partial charge on any atom is -0.313 e. The summed E-state index contributed by atoms with van der Waals surface area (Å²) >= 11 is 1.95. The smallest absolute Gasteiger partial charge is 0.0225 e. The minimum absolute atomic E-state index is 0.382. The Morgan fingerprint density at radius 3 is 2.50 bits per heavy atom. The van der Waals surface area contributed by atoms with Crippen molar-refractivity contribution in [3.63, 3.8) is 0 Å². The van der Waals surface area contributed by atoms with Crippen LogP contribution in [0.4, 0.5) is 0 Å². The van der Waals surface area contributed by atoms with Gasteiger partial charge in [0.05, 0.1) is 0 Å². The van der Waals surface area contributed by atoms with Crippen molar-refractivity contribution in [1.29, 1.82) is 0 Å². The van der Waals surface area contributed by atoms with E-state index in [1.165, 1.54) is 19.3 Å². The fourth-order valence-corrected chi connectivity index (χ4v) is 2.30. The van der Waals surface area contributed by atoms with Gasteiger partial charge in [-0.25, -0.2) is 0 Å². The quantitative estimate of drug-likeness (QED) is 0.772. The second-order valence-corrected chi connectivity index (χ2v) is 7.46.